The van der Waals surface area contributed by atoms with Crippen molar-refractivity contribution in [1.29, 1.82) is 0 Å². The number of benzene rings is 5. The van der Waals surface area contributed by atoms with Crippen LogP contribution in [0.2, 0.25) is 0 Å². The zero-order valence-corrected chi connectivity index (χ0v) is 24.4. The van der Waals surface area contributed by atoms with E-state index in [9.17, 15) is 0 Å². The predicted molar refractivity (Wildman–Crippen MR) is 175 cm³/mol. The van der Waals surface area contributed by atoms with Crippen LogP contribution in [0.4, 0.5) is 0 Å². The minimum absolute atomic E-state index is 0.0408. The van der Waals surface area contributed by atoms with Gasteiger partial charge in [0.1, 0.15) is 36.2 Å². The van der Waals surface area contributed by atoms with Gasteiger partial charge in [0.2, 0.25) is 0 Å². The molecule has 1 unspecified atom stereocenters. The van der Waals surface area contributed by atoms with Crippen molar-refractivity contribution >= 4 is 21.5 Å². The number of ether oxygens (including phenoxy) is 3. The van der Waals surface area contributed by atoms with Crippen LogP contribution in [0.25, 0.3) is 21.5 Å². The first kappa shape index (κ1) is 27.4. The highest BCUT2D eigenvalue weighted by molar-refractivity contribution is 5.95. The molecule has 3 heteroatoms. The van der Waals surface area contributed by atoms with E-state index in [0.717, 1.165) is 63.3 Å². The van der Waals surface area contributed by atoms with E-state index in [0.29, 0.717) is 13.2 Å². The van der Waals surface area contributed by atoms with Crippen molar-refractivity contribution < 1.29 is 14.2 Å². The van der Waals surface area contributed by atoms with Crippen LogP contribution in [0.3, 0.4) is 0 Å². The molecule has 1 aliphatic heterocycles. The van der Waals surface area contributed by atoms with Crippen molar-refractivity contribution in [3.63, 3.8) is 0 Å². The molecule has 3 nitrogen and oxygen atoms in total. The second kappa shape index (κ2) is 11.6. The van der Waals surface area contributed by atoms with Crippen LogP contribution in [0.15, 0.2) is 111 Å². The molecule has 0 fully saturated rings. The third-order valence-electron chi connectivity index (χ3n) is 8.04. The number of allylic oxidation sites excluding steroid dienone is 1. The van der Waals surface area contributed by atoms with Gasteiger partial charge in [-0.15, -0.1) is 6.58 Å². The molecule has 0 aromatic heterocycles. The zero-order chi connectivity index (χ0) is 29.2. The average molecular weight is 553 g/mol. The van der Waals surface area contributed by atoms with Crippen LogP contribution < -0.4 is 14.2 Å². The van der Waals surface area contributed by atoms with E-state index in [-0.39, 0.29) is 5.92 Å². The van der Waals surface area contributed by atoms with E-state index in [1.807, 2.05) is 12.1 Å². The number of hydrogen-bond donors (Lipinski definition) is 0. The largest absolute Gasteiger partial charge is 0.490 e. The summed E-state index contributed by atoms with van der Waals surface area (Å²) in [6, 6.07) is 26.2. The van der Waals surface area contributed by atoms with Crippen LogP contribution in [-0.4, -0.2) is 13.2 Å². The Morgan fingerprint density at radius 1 is 0.690 bits per heavy atom. The van der Waals surface area contributed by atoms with Crippen molar-refractivity contribution in [1.82, 2.24) is 0 Å². The van der Waals surface area contributed by atoms with Crippen LogP contribution in [0, 0.1) is 13.8 Å². The summed E-state index contributed by atoms with van der Waals surface area (Å²) in [4.78, 5) is 0. The van der Waals surface area contributed by atoms with Crippen molar-refractivity contribution in [3.8, 4) is 23.0 Å². The Balaban J connectivity index is 1.60. The molecule has 1 aliphatic rings. The maximum atomic E-state index is 6.68. The lowest BCUT2D eigenvalue weighted by Gasteiger charge is -2.32. The molecule has 42 heavy (non-hydrogen) atoms. The minimum Gasteiger partial charge on any atom is -0.490 e. The molecule has 1 heterocycles. The summed E-state index contributed by atoms with van der Waals surface area (Å²) in [5, 5.41) is 4.68. The number of aryl methyl sites for hydroxylation is 3. The Hall–Kier alpha value is -4.76. The van der Waals surface area contributed by atoms with Gasteiger partial charge in [-0.05, 0) is 94.8 Å². The van der Waals surface area contributed by atoms with Crippen LogP contribution >= 0.6 is 0 Å². The standard InChI is InChI=1S/C39H36O3/c1-6-9-10-27-11-15-32-28(23-27)12-17-34-37(32)36(30-21-25(4)39(26(5)22-30)41-20-8-3)38-33-16-14-31(40-19-7-2)24-29(33)13-18-35(38)42-34/h6-8,11-18,21-24,36H,1-3,9-10,19-20H2,4-5H3. The molecule has 0 amide bonds. The molecule has 0 saturated heterocycles. The van der Waals surface area contributed by atoms with Crippen molar-refractivity contribution in [3.05, 3.63) is 144 Å². The van der Waals surface area contributed by atoms with Crippen molar-refractivity contribution in [2.24, 2.45) is 0 Å². The lowest BCUT2D eigenvalue weighted by Crippen LogP contribution is -2.14. The SMILES string of the molecule is C=CCCc1ccc2c3c(ccc2c1)Oc1ccc2cc(OCC=C)ccc2c1C3c1cc(C)c(OCC=C)c(C)c1. The first-order valence-electron chi connectivity index (χ1n) is 14.5. The van der Waals surface area contributed by atoms with Crippen molar-refractivity contribution in [2.45, 2.75) is 32.6 Å². The lowest BCUT2D eigenvalue weighted by molar-refractivity contribution is 0.358. The molecular formula is C39H36O3. The molecule has 1 atom stereocenters. The molecular weight excluding hydrogens is 516 g/mol. The highest BCUT2D eigenvalue weighted by atomic mass is 16.5. The predicted octanol–water partition coefficient (Wildman–Crippen LogP) is 10.1. The zero-order valence-electron chi connectivity index (χ0n) is 24.4. The van der Waals surface area contributed by atoms with Gasteiger partial charge in [-0.25, -0.2) is 0 Å². The van der Waals surface area contributed by atoms with Crippen LogP contribution in [0.5, 0.6) is 23.0 Å². The fourth-order valence-electron chi connectivity index (χ4n) is 6.25. The molecule has 5 aromatic carbocycles. The van der Waals surface area contributed by atoms with E-state index in [1.54, 1.807) is 12.2 Å². The van der Waals surface area contributed by atoms with Gasteiger partial charge >= 0.3 is 0 Å². The van der Waals surface area contributed by atoms with Crippen LogP contribution in [0.1, 0.15) is 45.7 Å². The Labute approximate surface area is 248 Å². The monoisotopic (exact) mass is 552 g/mol. The van der Waals surface area contributed by atoms with E-state index in [1.165, 1.54) is 27.5 Å². The maximum absolute atomic E-state index is 6.68. The van der Waals surface area contributed by atoms with Gasteiger partial charge in [-0.3, -0.25) is 0 Å². The Morgan fingerprint density at radius 2 is 1.31 bits per heavy atom. The fourth-order valence-corrected chi connectivity index (χ4v) is 6.25. The van der Waals surface area contributed by atoms with Gasteiger partial charge in [-0.2, -0.15) is 0 Å². The first-order valence-corrected chi connectivity index (χ1v) is 14.5. The quantitative estimate of drug-likeness (QED) is 0.158. The Bertz CT molecular complexity index is 1720. The maximum Gasteiger partial charge on any atom is 0.132 e. The summed E-state index contributed by atoms with van der Waals surface area (Å²) >= 11 is 0. The third kappa shape index (κ3) is 4.96. The molecule has 210 valence electrons. The van der Waals surface area contributed by atoms with Gasteiger partial charge < -0.3 is 14.2 Å². The molecule has 0 radical (unpaired) electrons. The third-order valence-corrected chi connectivity index (χ3v) is 8.04. The first-order chi connectivity index (χ1) is 20.5. The normalized spacial score (nSPS) is 13.6. The summed E-state index contributed by atoms with van der Waals surface area (Å²) in [6.07, 6.45) is 7.46. The van der Waals surface area contributed by atoms with Crippen LogP contribution in [-0.2, 0) is 6.42 Å². The highest BCUT2D eigenvalue weighted by Crippen LogP contribution is 2.53. The van der Waals surface area contributed by atoms with Gasteiger partial charge in [0.25, 0.3) is 0 Å². The number of rotatable bonds is 10. The molecule has 5 aromatic rings. The average Bonchev–Trinajstić information content (AvgIpc) is 3.00. The van der Waals surface area contributed by atoms with Gasteiger partial charge in [0.05, 0.1) is 0 Å². The molecule has 0 bridgehead atoms. The molecule has 0 aliphatic carbocycles. The summed E-state index contributed by atoms with van der Waals surface area (Å²) in [7, 11) is 0. The summed E-state index contributed by atoms with van der Waals surface area (Å²) in [6.45, 7) is 16.7. The summed E-state index contributed by atoms with van der Waals surface area (Å²) < 4.78 is 18.6. The Morgan fingerprint density at radius 3 is 1.95 bits per heavy atom. The summed E-state index contributed by atoms with van der Waals surface area (Å²) in [5.41, 5.74) is 7.08. The topological polar surface area (TPSA) is 27.7 Å². The smallest absolute Gasteiger partial charge is 0.132 e. The van der Waals surface area contributed by atoms with E-state index >= 15 is 0 Å². The second-order valence-electron chi connectivity index (χ2n) is 10.9. The van der Waals surface area contributed by atoms with Gasteiger partial charge in [-0.1, -0.05) is 79.9 Å². The molecule has 0 saturated carbocycles. The second-order valence-corrected chi connectivity index (χ2v) is 10.9. The lowest BCUT2D eigenvalue weighted by atomic mass is 9.77. The molecule has 6 rings (SSSR count). The van der Waals surface area contributed by atoms with Gasteiger partial charge in [0.15, 0.2) is 0 Å². The molecule has 0 N–H and O–H groups in total. The van der Waals surface area contributed by atoms with E-state index in [4.69, 9.17) is 14.2 Å². The number of fused-ring (bicyclic) bond motifs is 6. The van der Waals surface area contributed by atoms with Crippen molar-refractivity contribution in [2.75, 3.05) is 13.2 Å². The van der Waals surface area contributed by atoms with Gasteiger partial charge in [0, 0.05) is 17.0 Å². The van der Waals surface area contributed by atoms with E-state index < -0.39 is 0 Å². The number of hydrogen-bond acceptors (Lipinski definition) is 3. The highest BCUT2D eigenvalue weighted by Gasteiger charge is 2.33. The fraction of sp³-hybridized carbons (Fsp3) is 0.179. The minimum atomic E-state index is -0.0408. The Kier molecular flexibility index (Phi) is 7.58. The summed E-state index contributed by atoms with van der Waals surface area (Å²) in [5.74, 6) is 3.47. The van der Waals surface area contributed by atoms with E-state index in [2.05, 4.69) is 100 Å². The molecule has 0 spiro atoms.